The van der Waals surface area contributed by atoms with Crippen LogP contribution in [-0.2, 0) is 12.7 Å². The Bertz CT molecular complexity index is 999. The van der Waals surface area contributed by atoms with Gasteiger partial charge in [0.25, 0.3) is 0 Å². The summed E-state index contributed by atoms with van der Waals surface area (Å²) in [6, 6.07) is 11.0. The minimum absolute atomic E-state index is 0.0744. The van der Waals surface area contributed by atoms with Gasteiger partial charge in [-0.2, -0.15) is 18.3 Å². The van der Waals surface area contributed by atoms with Crippen molar-refractivity contribution in [3.05, 3.63) is 63.9 Å². The molecule has 8 heteroatoms. The zero-order valence-electron chi connectivity index (χ0n) is 15.0. The number of halogens is 4. The van der Waals surface area contributed by atoms with Crippen LogP contribution < -0.4 is 4.74 Å². The van der Waals surface area contributed by atoms with E-state index in [1.807, 2.05) is 22.9 Å². The quantitative estimate of drug-likeness (QED) is 0.515. The second-order valence-electron chi connectivity index (χ2n) is 6.68. The van der Waals surface area contributed by atoms with Crippen LogP contribution >= 0.6 is 15.9 Å². The highest BCUT2D eigenvalue weighted by atomic mass is 79.9. The number of aromatic nitrogens is 3. The maximum atomic E-state index is 12.8. The summed E-state index contributed by atoms with van der Waals surface area (Å²) in [5.74, 6) is 1.97. The topological polar surface area (TPSA) is 39.9 Å². The Kier molecular flexibility index (Phi) is 4.91. The van der Waals surface area contributed by atoms with Gasteiger partial charge in [0.15, 0.2) is 5.82 Å². The molecule has 2 heterocycles. The lowest BCUT2D eigenvalue weighted by Crippen LogP contribution is -2.18. The molecular weight excluding hydrogens is 435 g/mol. The van der Waals surface area contributed by atoms with Crippen LogP contribution in [0.15, 0.2) is 46.9 Å². The molecule has 3 aromatic rings. The molecule has 0 amide bonds. The molecule has 1 aromatic heterocycles. The molecule has 1 unspecified atom stereocenters. The van der Waals surface area contributed by atoms with Gasteiger partial charge in [-0.05, 0) is 64.7 Å². The van der Waals surface area contributed by atoms with Crippen LogP contribution in [0.1, 0.15) is 35.7 Å². The van der Waals surface area contributed by atoms with Gasteiger partial charge < -0.3 is 4.74 Å². The van der Waals surface area contributed by atoms with Gasteiger partial charge in [-0.1, -0.05) is 12.1 Å². The first-order chi connectivity index (χ1) is 13.4. The smallest absolute Gasteiger partial charge is 0.416 e. The van der Waals surface area contributed by atoms with Gasteiger partial charge in [-0.15, -0.1) is 0 Å². The summed E-state index contributed by atoms with van der Waals surface area (Å²) in [5.41, 5.74) is 1.01. The number of nitrogens with zero attached hydrogens (tertiary/aromatic N) is 3. The average molecular weight is 452 g/mol. The number of ether oxygens (including phenoxy) is 1. The third-order valence-electron chi connectivity index (χ3n) is 4.92. The molecular formula is C20H17BrF3N3O. The van der Waals surface area contributed by atoms with Crippen molar-refractivity contribution in [2.45, 2.75) is 31.5 Å². The van der Waals surface area contributed by atoms with E-state index in [2.05, 4.69) is 21.0 Å². The Balaban J connectivity index is 1.69. The number of hydrogen-bond donors (Lipinski definition) is 0. The number of rotatable bonds is 3. The van der Waals surface area contributed by atoms with Crippen molar-refractivity contribution in [2.24, 2.45) is 0 Å². The molecule has 0 saturated carbocycles. The zero-order valence-corrected chi connectivity index (χ0v) is 16.6. The predicted molar refractivity (Wildman–Crippen MR) is 102 cm³/mol. The van der Waals surface area contributed by atoms with Crippen LogP contribution in [-0.4, -0.2) is 21.9 Å². The summed E-state index contributed by atoms with van der Waals surface area (Å²) >= 11 is 3.43. The van der Waals surface area contributed by atoms with Gasteiger partial charge in [0.1, 0.15) is 11.6 Å². The first kappa shape index (κ1) is 19.0. The molecule has 0 saturated heterocycles. The number of benzene rings is 2. The summed E-state index contributed by atoms with van der Waals surface area (Å²) < 4.78 is 46.6. The Morgan fingerprint density at radius 2 is 1.89 bits per heavy atom. The van der Waals surface area contributed by atoms with Crippen LogP contribution in [0.4, 0.5) is 13.2 Å². The van der Waals surface area contributed by atoms with E-state index < -0.39 is 11.7 Å². The molecule has 146 valence electrons. The highest BCUT2D eigenvalue weighted by Gasteiger charge is 2.31. The number of aryl methyl sites for hydroxylation is 1. The van der Waals surface area contributed by atoms with E-state index in [0.29, 0.717) is 11.6 Å². The molecule has 28 heavy (non-hydrogen) atoms. The fourth-order valence-electron chi connectivity index (χ4n) is 3.49. The van der Waals surface area contributed by atoms with Crippen molar-refractivity contribution < 1.29 is 17.9 Å². The highest BCUT2D eigenvalue weighted by molar-refractivity contribution is 9.10. The molecule has 1 aliphatic rings. The standard InChI is InChI=1S/C20H17BrF3N3O/c1-28-17-11-13(6-9-16(17)21)18-25-19-15(3-2-10-27(19)26-18)12-4-7-14(8-5-12)20(22,23)24/h4-9,11,15H,2-3,10H2,1H3. The molecule has 4 rings (SSSR count). The first-order valence-electron chi connectivity index (χ1n) is 8.82. The number of alkyl halides is 3. The second kappa shape index (κ2) is 7.24. The van der Waals surface area contributed by atoms with Crippen LogP contribution in [0, 0.1) is 0 Å². The van der Waals surface area contributed by atoms with Gasteiger partial charge in [0.2, 0.25) is 0 Å². The molecule has 0 radical (unpaired) electrons. The lowest BCUT2D eigenvalue weighted by Gasteiger charge is -2.22. The Morgan fingerprint density at radius 3 is 2.57 bits per heavy atom. The van der Waals surface area contributed by atoms with E-state index in [-0.39, 0.29) is 5.92 Å². The fraction of sp³-hybridized carbons (Fsp3) is 0.300. The van der Waals surface area contributed by atoms with Crippen LogP contribution in [0.2, 0.25) is 0 Å². The van der Waals surface area contributed by atoms with Crippen molar-refractivity contribution in [1.29, 1.82) is 0 Å². The molecule has 4 nitrogen and oxygen atoms in total. The number of fused-ring (bicyclic) bond motifs is 1. The zero-order chi connectivity index (χ0) is 19.9. The predicted octanol–water partition coefficient (Wildman–Crippen LogP) is 5.66. The fourth-order valence-corrected chi connectivity index (χ4v) is 3.90. The Hall–Kier alpha value is -2.35. The average Bonchev–Trinajstić information content (AvgIpc) is 3.12. The van der Waals surface area contributed by atoms with Crippen molar-refractivity contribution >= 4 is 15.9 Å². The third kappa shape index (κ3) is 3.53. The highest BCUT2D eigenvalue weighted by Crippen LogP contribution is 2.36. The van der Waals surface area contributed by atoms with Crippen molar-refractivity contribution in [2.75, 3.05) is 7.11 Å². The number of methoxy groups -OCH3 is 1. The summed E-state index contributed by atoms with van der Waals surface area (Å²) in [7, 11) is 1.59. The Morgan fingerprint density at radius 1 is 1.14 bits per heavy atom. The van der Waals surface area contributed by atoms with Gasteiger partial charge in [0.05, 0.1) is 17.1 Å². The normalized spacial score (nSPS) is 16.7. The Labute approximate surface area is 168 Å². The lowest BCUT2D eigenvalue weighted by atomic mass is 9.90. The summed E-state index contributed by atoms with van der Waals surface area (Å²) in [6.07, 6.45) is -2.61. The summed E-state index contributed by atoms with van der Waals surface area (Å²) in [5, 5.41) is 4.61. The summed E-state index contributed by atoms with van der Waals surface area (Å²) in [4.78, 5) is 4.71. The minimum Gasteiger partial charge on any atom is -0.496 e. The molecule has 0 fully saturated rings. The minimum atomic E-state index is -4.33. The third-order valence-corrected chi connectivity index (χ3v) is 5.58. The lowest BCUT2D eigenvalue weighted by molar-refractivity contribution is -0.137. The molecule has 1 atom stereocenters. The largest absolute Gasteiger partial charge is 0.496 e. The maximum absolute atomic E-state index is 12.8. The second-order valence-corrected chi connectivity index (χ2v) is 7.53. The van der Waals surface area contributed by atoms with Crippen molar-refractivity contribution in [3.8, 4) is 17.1 Å². The van der Waals surface area contributed by atoms with Gasteiger partial charge >= 0.3 is 6.18 Å². The van der Waals surface area contributed by atoms with Gasteiger partial charge in [0, 0.05) is 18.0 Å². The SMILES string of the molecule is COc1cc(-c2nc3n(n2)CCCC3c2ccc(C(F)(F)F)cc2)ccc1Br. The van der Waals surface area contributed by atoms with E-state index in [4.69, 9.17) is 9.72 Å². The van der Waals surface area contributed by atoms with Gasteiger partial charge in [-0.3, -0.25) is 0 Å². The monoisotopic (exact) mass is 451 g/mol. The van der Waals surface area contributed by atoms with Crippen LogP contribution in [0.3, 0.4) is 0 Å². The van der Waals surface area contributed by atoms with E-state index in [1.54, 1.807) is 19.2 Å². The summed E-state index contributed by atoms with van der Waals surface area (Å²) in [6.45, 7) is 0.743. The van der Waals surface area contributed by atoms with E-state index in [1.165, 1.54) is 0 Å². The van der Waals surface area contributed by atoms with E-state index in [9.17, 15) is 13.2 Å². The molecule has 2 aromatic carbocycles. The molecule has 0 aliphatic carbocycles. The van der Waals surface area contributed by atoms with Crippen molar-refractivity contribution in [3.63, 3.8) is 0 Å². The number of hydrogen-bond acceptors (Lipinski definition) is 3. The van der Waals surface area contributed by atoms with Crippen LogP contribution in [0.25, 0.3) is 11.4 Å². The van der Waals surface area contributed by atoms with E-state index >= 15 is 0 Å². The van der Waals surface area contributed by atoms with Gasteiger partial charge in [-0.25, -0.2) is 9.67 Å². The molecule has 0 spiro atoms. The van der Waals surface area contributed by atoms with Crippen molar-refractivity contribution in [1.82, 2.24) is 14.8 Å². The molecule has 1 aliphatic heterocycles. The molecule has 0 bridgehead atoms. The molecule has 0 N–H and O–H groups in total. The van der Waals surface area contributed by atoms with E-state index in [0.717, 1.165) is 52.9 Å². The van der Waals surface area contributed by atoms with Crippen LogP contribution in [0.5, 0.6) is 5.75 Å². The maximum Gasteiger partial charge on any atom is 0.416 e. The first-order valence-corrected chi connectivity index (χ1v) is 9.62.